The van der Waals surface area contributed by atoms with E-state index in [0.29, 0.717) is 6.04 Å². The zero-order chi connectivity index (χ0) is 25.0. The van der Waals surface area contributed by atoms with E-state index < -0.39 is 21.8 Å². The summed E-state index contributed by atoms with van der Waals surface area (Å²) in [6.07, 6.45) is 1.06. The molecule has 4 rings (SSSR count). The van der Waals surface area contributed by atoms with Crippen molar-refractivity contribution in [1.29, 1.82) is 0 Å². The van der Waals surface area contributed by atoms with Gasteiger partial charge in [-0.15, -0.1) is 0 Å². The predicted octanol–water partition coefficient (Wildman–Crippen LogP) is 2.87. The molecule has 2 unspecified atom stereocenters. The molecule has 2 heterocycles. The SMILES string of the molecule is CC1=NN(c2ccc([N+](=O)[O-])cc2)C(=O)C1[N+](=O)[O-].COc1cc2c(cc1OC)C(C)NCC2. The predicted molar refractivity (Wildman–Crippen MR) is 124 cm³/mol. The van der Waals surface area contributed by atoms with Gasteiger partial charge in [0.15, 0.2) is 11.5 Å². The molecular formula is C22H25N5O7. The first-order chi connectivity index (χ1) is 16.2. The van der Waals surface area contributed by atoms with Gasteiger partial charge >= 0.3 is 11.9 Å². The summed E-state index contributed by atoms with van der Waals surface area (Å²) in [6.45, 7) is 4.59. The third kappa shape index (κ3) is 4.96. The Morgan fingerprint density at radius 2 is 1.71 bits per heavy atom. The van der Waals surface area contributed by atoms with Gasteiger partial charge in [-0.3, -0.25) is 25.0 Å². The maximum absolute atomic E-state index is 11.8. The minimum atomic E-state index is -1.49. The Morgan fingerprint density at radius 1 is 1.09 bits per heavy atom. The van der Waals surface area contributed by atoms with Gasteiger partial charge in [0.2, 0.25) is 0 Å². The van der Waals surface area contributed by atoms with E-state index in [2.05, 4.69) is 29.5 Å². The van der Waals surface area contributed by atoms with Gasteiger partial charge in [-0.1, -0.05) is 0 Å². The molecule has 0 fully saturated rings. The number of nitro benzene ring substituents is 1. The van der Waals surface area contributed by atoms with Crippen molar-refractivity contribution in [2.45, 2.75) is 32.4 Å². The van der Waals surface area contributed by atoms with Gasteiger partial charge < -0.3 is 14.8 Å². The number of nitrogens with zero attached hydrogens (tertiary/aromatic N) is 4. The number of nitro groups is 2. The molecule has 2 aliphatic rings. The molecular weight excluding hydrogens is 446 g/mol. The van der Waals surface area contributed by atoms with Crippen LogP contribution in [0.25, 0.3) is 0 Å². The van der Waals surface area contributed by atoms with Crippen LogP contribution < -0.4 is 19.8 Å². The van der Waals surface area contributed by atoms with Crippen LogP contribution in [0.4, 0.5) is 11.4 Å². The van der Waals surface area contributed by atoms with Gasteiger partial charge in [0.05, 0.1) is 24.8 Å². The Labute approximate surface area is 195 Å². The lowest BCUT2D eigenvalue weighted by Crippen LogP contribution is -2.37. The van der Waals surface area contributed by atoms with Crippen LogP contribution in [-0.4, -0.2) is 48.3 Å². The summed E-state index contributed by atoms with van der Waals surface area (Å²) >= 11 is 0. The second-order valence-corrected chi connectivity index (χ2v) is 7.68. The zero-order valence-corrected chi connectivity index (χ0v) is 19.2. The second-order valence-electron chi connectivity index (χ2n) is 7.68. The fourth-order valence-corrected chi connectivity index (χ4v) is 3.79. The Morgan fingerprint density at radius 3 is 2.24 bits per heavy atom. The lowest BCUT2D eigenvalue weighted by atomic mass is 9.94. The molecule has 0 spiro atoms. The molecule has 2 aliphatic heterocycles. The number of hydrazone groups is 1. The minimum Gasteiger partial charge on any atom is -0.493 e. The van der Waals surface area contributed by atoms with Crippen molar-refractivity contribution in [2.75, 3.05) is 25.8 Å². The van der Waals surface area contributed by atoms with Gasteiger partial charge in [0, 0.05) is 23.1 Å². The van der Waals surface area contributed by atoms with Gasteiger partial charge in [0.25, 0.3) is 5.69 Å². The number of methoxy groups -OCH3 is 2. The summed E-state index contributed by atoms with van der Waals surface area (Å²) in [4.78, 5) is 31.7. The number of carbonyl (C=O) groups excluding carboxylic acids is 1. The molecule has 2 aromatic rings. The molecule has 1 N–H and O–H groups in total. The second kappa shape index (κ2) is 10.3. The molecule has 34 heavy (non-hydrogen) atoms. The first-order valence-electron chi connectivity index (χ1n) is 10.4. The average Bonchev–Trinajstić information content (AvgIpc) is 3.12. The van der Waals surface area contributed by atoms with Crippen molar-refractivity contribution in [1.82, 2.24) is 5.32 Å². The number of nitrogens with one attached hydrogen (secondary N) is 1. The average molecular weight is 471 g/mol. The van der Waals surface area contributed by atoms with Crippen LogP contribution >= 0.6 is 0 Å². The number of fused-ring (bicyclic) bond motifs is 1. The maximum Gasteiger partial charge on any atom is 0.331 e. The van der Waals surface area contributed by atoms with E-state index in [1.807, 2.05) is 0 Å². The van der Waals surface area contributed by atoms with Crippen LogP contribution in [0.1, 0.15) is 31.0 Å². The lowest BCUT2D eigenvalue weighted by Gasteiger charge is -2.25. The lowest BCUT2D eigenvalue weighted by molar-refractivity contribution is -0.488. The molecule has 0 bridgehead atoms. The molecule has 180 valence electrons. The van der Waals surface area contributed by atoms with E-state index >= 15 is 0 Å². The molecule has 0 aliphatic carbocycles. The highest BCUT2D eigenvalue weighted by Crippen LogP contribution is 2.34. The zero-order valence-electron chi connectivity index (χ0n) is 19.2. The van der Waals surface area contributed by atoms with Crippen molar-refractivity contribution in [3.8, 4) is 11.5 Å². The fraction of sp³-hybridized carbons (Fsp3) is 0.364. The van der Waals surface area contributed by atoms with Gasteiger partial charge in [0.1, 0.15) is 5.71 Å². The van der Waals surface area contributed by atoms with Crippen LogP contribution in [0.3, 0.4) is 0 Å². The molecule has 0 saturated carbocycles. The quantitative estimate of drug-likeness (QED) is 0.517. The van der Waals surface area contributed by atoms with Crippen molar-refractivity contribution in [2.24, 2.45) is 5.10 Å². The highest BCUT2D eigenvalue weighted by atomic mass is 16.6. The fourth-order valence-electron chi connectivity index (χ4n) is 3.79. The maximum atomic E-state index is 11.8. The largest absolute Gasteiger partial charge is 0.493 e. The molecule has 12 heteroatoms. The highest BCUT2D eigenvalue weighted by Gasteiger charge is 2.43. The van der Waals surface area contributed by atoms with Gasteiger partial charge in [-0.25, -0.2) is 0 Å². The molecule has 1 amide bonds. The van der Waals surface area contributed by atoms with Crippen molar-refractivity contribution >= 4 is 23.0 Å². The van der Waals surface area contributed by atoms with Gasteiger partial charge in [-0.2, -0.15) is 10.1 Å². The van der Waals surface area contributed by atoms with Crippen LogP contribution in [0.5, 0.6) is 11.5 Å². The summed E-state index contributed by atoms with van der Waals surface area (Å²) in [5.74, 6) is 0.855. The third-order valence-corrected chi connectivity index (χ3v) is 5.57. The number of benzene rings is 2. The number of hydrogen-bond donors (Lipinski definition) is 1. The highest BCUT2D eigenvalue weighted by molar-refractivity contribution is 6.16. The van der Waals surface area contributed by atoms with Crippen LogP contribution in [0.2, 0.25) is 0 Å². The monoisotopic (exact) mass is 471 g/mol. The molecule has 0 radical (unpaired) electrons. The number of non-ortho nitro benzene ring substituents is 1. The summed E-state index contributed by atoms with van der Waals surface area (Å²) in [7, 11) is 3.35. The third-order valence-electron chi connectivity index (χ3n) is 5.57. The Hall–Kier alpha value is -4.06. The summed E-state index contributed by atoms with van der Waals surface area (Å²) < 4.78 is 10.6. The minimum absolute atomic E-state index is 0.0772. The Bertz CT molecular complexity index is 1130. The Balaban J connectivity index is 0.000000196. The Kier molecular flexibility index (Phi) is 7.41. The smallest absolute Gasteiger partial charge is 0.331 e. The first-order valence-corrected chi connectivity index (χ1v) is 10.4. The molecule has 0 aromatic heterocycles. The molecule has 2 atom stereocenters. The number of anilines is 1. The van der Waals surface area contributed by atoms with Crippen LogP contribution in [0.15, 0.2) is 41.5 Å². The van der Waals surface area contributed by atoms with Crippen LogP contribution in [0, 0.1) is 20.2 Å². The number of rotatable bonds is 5. The van der Waals surface area contributed by atoms with Crippen molar-refractivity contribution in [3.63, 3.8) is 0 Å². The van der Waals surface area contributed by atoms with Crippen molar-refractivity contribution < 1.29 is 24.1 Å². The van der Waals surface area contributed by atoms with E-state index in [0.717, 1.165) is 29.5 Å². The van der Waals surface area contributed by atoms with E-state index in [9.17, 15) is 25.0 Å². The van der Waals surface area contributed by atoms with E-state index in [4.69, 9.17) is 9.47 Å². The van der Waals surface area contributed by atoms with Gasteiger partial charge in [-0.05, 0) is 62.2 Å². The summed E-state index contributed by atoms with van der Waals surface area (Å²) in [6, 6.07) is 8.10. The number of hydrogen-bond acceptors (Lipinski definition) is 9. The number of amides is 1. The van der Waals surface area contributed by atoms with E-state index in [1.54, 1.807) is 14.2 Å². The van der Waals surface area contributed by atoms with E-state index in [-0.39, 0.29) is 17.1 Å². The topological polar surface area (TPSA) is 149 Å². The summed E-state index contributed by atoms with van der Waals surface area (Å²) in [5, 5.41) is 29.3. The number of carbonyl (C=O) groups is 1. The normalized spacial score (nSPS) is 18.9. The van der Waals surface area contributed by atoms with Crippen molar-refractivity contribution in [3.05, 3.63) is 67.8 Å². The molecule has 2 aromatic carbocycles. The molecule has 12 nitrogen and oxygen atoms in total. The molecule has 0 saturated heterocycles. The standard InChI is InChI=1S/C12H17NO2.C10H8N4O5/c1-8-10-7-12(15-3)11(14-2)6-9(10)4-5-13-8;1-6-9(14(18)19)10(15)12(11-6)7-2-4-8(5-3-7)13(16)17/h6-8,13H,4-5H2,1-3H3;2-5,9H,1H3. The number of ether oxygens (including phenoxy) is 2. The van der Waals surface area contributed by atoms with Crippen LogP contribution in [-0.2, 0) is 11.2 Å². The summed E-state index contributed by atoms with van der Waals surface area (Å²) in [5.41, 5.74) is 2.87. The first kappa shape index (κ1) is 24.6. The van der Waals surface area contributed by atoms with E-state index in [1.165, 1.54) is 42.3 Å².